The zero-order valence-electron chi connectivity index (χ0n) is 15.4. The van der Waals surface area contributed by atoms with E-state index in [4.69, 9.17) is 9.94 Å². The van der Waals surface area contributed by atoms with Crippen molar-refractivity contribution in [3.05, 3.63) is 0 Å². The number of piperidine rings is 1. The van der Waals surface area contributed by atoms with Crippen LogP contribution >= 0.6 is 0 Å². The van der Waals surface area contributed by atoms with E-state index in [2.05, 4.69) is 0 Å². The zero-order chi connectivity index (χ0) is 19.9. The molecule has 0 aliphatic carbocycles. The minimum absolute atomic E-state index is 0.174. The van der Waals surface area contributed by atoms with Gasteiger partial charge in [0.15, 0.2) is 0 Å². The highest BCUT2D eigenvalue weighted by Crippen LogP contribution is 2.33. The van der Waals surface area contributed by atoms with Crippen molar-refractivity contribution in [2.24, 2.45) is 5.92 Å². The van der Waals surface area contributed by atoms with Crippen molar-refractivity contribution >= 4 is 16.9 Å². The fourth-order valence-corrected chi connectivity index (χ4v) is 5.59. The highest BCUT2D eigenvalue weighted by atomic mass is 32.2. The molecule has 2 N–H and O–H groups in total. The van der Waals surface area contributed by atoms with Gasteiger partial charge in [-0.1, -0.05) is 19.3 Å². The number of hydrogen-bond donors (Lipinski definition) is 2. The molecule has 0 aromatic carbocycles. The summed E-state index contributed by atoms with van der Waals surface area (Å²) in [5.74, 6) is -0.211. The first-order valence-electron chi connectivity index (χ1n) is 9.54. The van der Waals surface area contributed by atoms with Gasteiger partial charge < -0.3 is 4.74 Å². The molecular weight excluding hydrogens is 385 g/mol. The van der Waals surface area contributed by atoms with E-state index >= 15 is 0 Å². The Kier molecular flexibility index (Phi) is 8.51. The third-order valence-electron chi connectivity index (χ3n) is 5.53. The van der Waals surface area contributed by atoms with E-state index < -0.39 is 34.2 Å². The maximum atomic E-state index is 13.1. The number of carbonyl (C=O) groups excluding carboxylic acids is 1. The lowest BCUT2D eigenvalue weighted by Gasteiger charge is -2.40. The smallest absolute Gasteiger partial charge is 0.381 e. The Morgan fingerprint density at radius 2 is 1.81 bits per heavy atom. The van der Waals surface area contributed by atoms with Crippen LogP contribution in [0.5, 0.6) is 0 Å². The number of halogens is 3. The molecule has 2 saturated heterocycles. The minimum atomic E-state index is -4.07. The van der Waals surface area contributed by atoms with Gasteiger partial charge in [0.05, 0.1) is 0 Å². The van der Waals surface area contributed by atoms with Gasteiger partial charge in [0.1, 0.15) is 15.7 Å². The van der Waals surface area contributed by atoms with Crippen LogP contribution in [0.3, 0.4) is 0 Å². The second-order valence-electron chi connectivity index (χ2n) is 7.38. The SMILES string of the molecule is O=C(NO)C1(S(=O)N2CCC(CCCCCC(F)(F)F)CC2)CCOCC1. The number of amides is 1. The Morgan fingerprint density at radius 3 is 2.37 bits per heavy atom. The average Bonchev–Trinajstić information content (AvgIpc) is 2.66. The van der Waals surface area contributed by atoms with Crippen molar-refractivity contribution in [1.29, 1.82) is 0 Å². The van der Waals surface area contributed by atoms with Gasteiger partial charge in [0.25, 0.3) is 5.91 Å². The van der Waals surface area contributed by atoms with Crippen molar-refractivity contribution in [2.75, 3.05) is 26.3 Å². The highest BCUT2D eigenvalue weighted by molar-refractivity contribution is 7.85. The maximum Gasteiger partial charge on any atom is 0.389 e. The molecule has 0 saturated carbocycles. The Balaban J connectivity index is 1.77. The molecule has 2 aliphatic heterocycles. The molecule has 0 bridgehead atoms. The lowest BCUT2D eigenvalue weighted by atomic mass is 9.92. The van der Waals surface area contributed by atoms with Crippen molar-refractivity contribution < 1.29 is 32.1 Å². The number of carbonyl (C=O) groups is 1. The van der Waals surface area contributed by atoms with E-state index in [1.54, 1.807) is 9.79 Å². The standard InChI is InChI=1S/C17H29F3N2O4S/c18-17(19,20)7-3-1-2-4-14-5-10-22(11-6-14)27(25)16(15(23)21-24)8-12-26-13-9-16/h14,24H,1-13H2,(H,21,23). The molecule has 6 nitrogen and oxygen atoms in total. The molecule has 10 heteroatoms. The van der Waals surface area contributed by atoms with E-state index in [0.717, 1.165) is 25.7 Å². The Morgan fingerprint density at radius 1 is 1.19 bits per heavy atom. The van der Waals surface area contributed by atoms with Gasteiger partial charge in [-0.05, 0) is 38.0 Å². The van der Waals surface area contributed by atoms with E-state index in [9.17, 15) is 22.2 Å². The first kappa shape index (κ1) is 22.6. The predicted molar refractivity (Wildman–Crippen MR) is 94.3 cm³/mol. The summed E-state index contributed by atoms with van der Waals surface area (Å²) in [6.07, 6.45) is -0.155. The number of nitrogens with zero attached hydrogens (tertiary/aromatic N) is 1. The Hall–Kier alpha value is -0.710. The van der Waals surface area contributed by atoms with Crippen LogP contribution in [0.1, 0.15) is 57.8 Å². The molecule has 2 fully saturated rings. The van der Waals surface area contributed by atoms with Crippen LogP contribution in [-0.4, -0.2) is 56.9 Å². The minimum Gasteiger partial charge on any atom is -0.381 e. The summed E-state index contributed by atoms with van der Waals surface area (Å²) >= 11 is 0. The second-order valence-corrected chi connectivity index (χ2v) is 9.18. The van der Waals surface area contributed by atoms with Gasteiger partial charge >= 0.3 is 6.18 Å². The van der Waals surface area contributed by atoms with Gasteiger partial charge in [0, 0.05) is 32.7 Å². The summed E-state index contributed by atoms with van der Waals surface area (Å²) in [6.45, 7) is 1.82. The topological polar surface area (TPSA) is 78.9 Å². The van der Waals surface area contributed by atoms with Crippen molar-refractivity contribution in [1.82, 2.24) is 9.79 Å². The quantitative estimate of drug-likeness (QED) is 0.364. The van der Waals surface area contributed by atoms with Crippen LogP contribution < -0.4 is 5.48 Å². The van der Waals surface area contributed by atoms with E-state index in [1.165, 1.54) is 0 Å². The van der Waals surface area contributed by atoms with Crippen molar-refractivity contribution in [2.45, 2.75) is 68.7 Å². The van der Waals surface area contributed by atoms with E-state index in [0.29, 0.717) is 51.5 Å². The summed E-state index contributed by atoms with van der Waals surface area (Å²) in [5.41, 5.74) is 1.66. The third kappa shape index (κ3) is 6.40. The van der Waals surface area contributed by atoms with Crippen LogP contribution in [0.4, 0.5) is 13.2 Å². The van der Waals surface area contributed by atoms with Crippen molar-refractivity contribution in [3.8, 4) is 0 Å². The van der Waals surface area contributed by atoms with Gasteiger partial charge in [-0.25, -0.2) is 14.0 Å². The third-order valence-corrected chi connectivity index (χ3v) is 7.63. The number of nitrogens with one attached hydrogen (secondary N) is 1. The van der Waals surface area contributed by atoms with Gasteiger partial charge in [-0.3, -0.25) is 10.0 Å². The van der Waals surface area contributed by atoms with Gasteiger partial charge in [-0.2, -0.15) is 13.2 Å². The van der Waals surface area contributed by atoms with Crippen LogP contribution in [-0.2, 0) is 20.5 Å². The summed E-state index contributed by atoms with van der Waals surface area (Å²) in [5, 5.41) is 9.07. The summed E-state index contributed by atoms with van der Waals surface area (Å²) in [4.78, 5) is 12.2. The largest absolute Gasteiger partial charge is 0.389 e. The predicted octanol–water partition coefficient (Wildman–Crippen LogP) is 2.93. The molecule has 1 unspecified atom stereocenters. The molecule has 2 heterocycles. The number of unbranched alkanes of at least 4 members (excludes halogenated alkanes) is 2. The highest BCUT2D eigenvalue weighted by Gasteiger charge is 2.48. The lowest BCUT2D eigenvalue weighted by molar-refractivity contribution is -0.136. The second kappa shape index (κ2) is 10.2. The fourth-order valence-electron chi connectivity index (χ4n) is 3.83. The van der Waals surface area contributed by atoms with Gasteiger partial charge in [0.2, 0.25) is 0 Å². The first-order chi connectivity index (χ1) is 12.8. The van der Waals surface area contributed by atoms with E-state index in [1.807, 2.05) is 0 Å². The maximum absolute atomic E-state index is 13.1. The molecule has 1 amide bonds. The molecule has 2 rings (SSSR count). The summed E-state index contributed by atoms with van der Waals surface area (Å²) in [7, 11) is -1.56. The summed E-state index contributed by atoms with van der Waals surface area (Å²) < 4.78 is 55.4. The molecule has 0 aromatic rings. The zero-order valence-corrected chi connectivity index (χ0v) is 16.2. The number of rotatable bonds is 8. The van der Waals surface area contributed by atoms with Crippen molar-refractivity contribution in [3.63, 3.8) is 0 Å². The number of alkyl halides is 3. The number of hydroxylamine groups is 1. The fraction of sp³-hybridized carbons (Fsp3) is 0.941. The van der Waals surface area contributed by atoms with Crippen LogP contribution in [0.2, 0.25) is 0 Å². The Labute approximate surface area is 160 Å². The molecule has 27 heavy (non-hydrogen) atoms. The number of hydrogen-bond acceptors (Lipinski definition) is 4. The average molecular weight is 414 g/mol. The van der Waals surface area contributed by atoms with Crippen LogP contribution in [0, 0.1) is 5.92 Å². The molecular formula is C17H29F3N2O4S. The molecule has 2 aliphatic rings. The number of ether oxygens (including phenoxy) is 1. The normalized spacial score (nSPS) is 23.1. The monoisotopic (exact) mass is 414 g/mol. The summed E-state index contributed by atoms with van der Waals surface area (Å²) in [6, 6.07) is 0. The molecule has 158 valence electrons. The molecule has 0 spiro atoms. The molecule has 0 aromatic heterocycles. The van der Waals surface area contributed by atoms with Crippen LogP contribution in [0.15, 0.2) is 0 Å². The molecule has 1 atom stereocenters. The lowest BCUT2D eigenvalue weighted by Crippen LogP contribution is -2.57. The Bertz CT molecular complexity index is 505. The van der Waals surface area contributed by atoms with E-state index in [-0.39, 0.29) is 6.42 Å². The molecule has 0 radical (unpaired) electrons. The van der Waals surface area contributed by atoms with Crippen LogP contribution in [0.25, 0.3) is 0 Å². The first-order valence-corrected chi connectivity index (χ1v) is 10.6. The van der Waals surface area contributed by atoms with Gasteiger partial charge in [-0.15, -0.1) is 0 Å².